The maximum atomic E-state index is 13.4. The summed E-state index contributed by atoms with van der Waals surface area (Å²) in [6.07, 6.45) is 1.92. The molecule has 1 unspecified atom stereocenters. The van der Waals surface area contributed by atoms with Crippen molar-refractivity contribution in [2.75, 3.05) is 33.4 Å². The fraction of sp³-hybridized carbons (Fsp3) is 0.429. The van der Waals surface area contributed by atoms with Crippen molar-refractivity contribution >= 4 is 0 Å². The van der Waals surface area contributed by atoms with Crippen molar-refractivity contribution in [3.8, 4) is 0 Å². The van der Waals surface area contributed by atoms with Crippen LogP contribution in [0.25, 0.3) is 0 Å². The first-order chi connectivity index (χ1) is 12.2. The Morgan fingerprint density at radius 3 is 2.56 bits per heavy atom. The predicted octanol–water partition coefficient (Wildman–Crippen LogP) is 3.98. The van der Waals surface area contributed by atoms with E-state index in [9.17, 15) is 4.39 Å². The van der Waals surface area contributed by atoms with E-state index in [0.717, 1.165) is 50.2 Å². The second kappa shape index (κ2) is 8.56. The molecular weight excluding hydrogens is 317 g/mol. The predicted molar refractivity (Wildman–Crippen MR) is 96.9 cm³/mol. The Kier molecular flexibility index (Phi) is 6.19. The van der Waals surface area contributed by atoms with E-state index in [1.807, 2.05) is 30.3 Å². The van der Waals surface area contributed by atoms with Gasteiger partial charge in [0.05, 0.1) is 6.61 Å². The molecular formula is C21H26FNO2. The molecule has 1 fully saturated rings. The number of likely N-dealkylation sites (tertiary alicyclic amines) is 1. The monoisotopic (exact) mass is 343 g/mol. The zero-order valence-electron chi connectivity index (χ0n) is 14.8. The Bertz CT molecular complexity index is 647. The maximum absolute atomic E-state index is 13.4. The number of benzene rings is 2. The molecule has 0 saturated carbocycles. The van der Waals surface area contributed by atoms with Gasteiger partial charge in [-0.2, -0.15) is 0 Å². The first-order valence-corrected chi connectivity index (χ1v) is 8.87. The van der Waals surface area contributed by atoms with Gasteiger partial charge in [-0.05, 0) is 36.1 Å². The topological polar surface area (TPSA) is 21.7 Å². The molecule has 1 saturated heterocycles. The summed E-state index contributed by atoms with van der Waals surface area (Å²) >= 11 is 0. The molecule has 0 spiro atoms. The molecule has 3 rings (SSSR count). The van der Waals surface area contributed by atoms with E-state index in [1.54, 1.807) is 7.11 Å². The molecule has 0 radical (unpaired) electrons. The van der Waals surface area contributed by atoms with Gasteiger partial charge in [-0.15, -0.1) is 0 Å². The summed E-state index contributed by atoms with van der Waals surface area (Å²) in [4.78, 5) is 2.41. The van der Waals surface area contributed by atoms with Crippen molar-refractivity contribution < 1.29 is 13.9 Å². The highest BCUT2D eigenvalue weighted by Gasteiger charge is 2.40. The highest BCUT2D eigenvalue weighted by atomic mass is 19.1. The SMILES string of the molecule is COCCCN1CCC(OCc2ccccc2)(c2ccc(F)cc2)C1. The first kappa shape index (κ1) is 18.1. The standard InChI is InChI=1S/C21H26FNO2/c1-24-15-5-13-23-14-12-21(17-23,19-8-10-20(22)11-9-19)25-16-18-6-3-2-4-7-18/h2-4,6-11H,5,12-17H2,1H3. The zero-order chi connectivity index (χ0) is 17.5. The molecule has 1 heterocycles. The van der Waals surface area contributed by atoms with Crippen LogP contribution < -0.4 is 0 Å². The Morgan fingerprint density at radius 1 is 1.08 bits per heavy atom. The fourth-order valence-electron chi connectivity index (χ4n) is 3.47. The average Bonchev–Trinajstić information content (AvgIpc) is 3.06. The van der Waals surface area contributed by atoms with Gasteiger partial charge in [0, 0.05) is 33.4 Å². The van der Waals surface area contributed by atoms with Crippen LogP contribution in [0, 0.1) is 5.82 Å². The summed E-state index contributed by atoms with van der Waals surface area (Å²) in [5, 5.41) is 0. The van der Waals surface area contributed by atoms with E-state index >= 15 is 0 Å². The molecule has 1 aliphatic rings. The Hall–Kier alpha value is -1.75. The van der Waals surface area contributed by atoms with Crippen LogP contribution >= 0.6 is 0 Å². The molecule has 134 valence electrons. The van der Waals surface area contributed by atoms with Crippen molar-refractivity contribution in [3.05, 3.63) is 71.5 Å². The van der Waals surface area contributed by atoms with Crippen molar-refractivity contribution in [1.82, 2.24) is 4.90 Å². The van der Waals surface area contributed by atoms with Gasteiger partial charge in [-0.3, -0.25) is 4.90 Å². The lowest BCUT2D eigenvalue weighted by Gasteiger charge is -2.31. The number of ether oxygens (including phenoxy) is 2. The highest BCUT2D eigenvalue weighted by Crippen LogP contribution is 2.37. The highest BCUT2D eigenvalue weighted by molar-refractivity contribution is 5.26. The smallest absolute Gasteiger partial charge is 0.123 e. The number of nitrogens with zero attached hydrogens (tertiary/aromatic N) is 1. The molecule has 4 heteroatoms. The number of rotatable bonds is 8. The summed E-state index contributed by atoms with van der Waals surface area (Å²) in [7, 11) is 1.73. The van der Waals surface area contributed by atoms with Crippen LogP contribution in [0.4, 0.5) is 4.39 Å². The molecule has 0 amide bonds. The quantitative estimate of drug-likeness (QED) is 0.677. The van der Waals surface area contributed by atoms with Crippen molar-refractivity contribution in [3.63, 3.8) is 0 Å². The van der Waals surface area contributed by atoms with Crippen LogP contribution in [0.2, 0.25) is 0 Å². The van der Waals surface area contributed by atoms with Crippen LogP contribution in [0.5, 0.6) is 0 Å². The molecule has 0 bridgehead atoms. The minimum Gasteiger partial charge on any atom is -0.385 e. The minimum atomic E-state index is -0.378. The lowest BCUT2D eigenvalue weighted by Crippen LogP contribution is -2.34. The summed E-state index contributed by atoms with van der Waals surface area (Å²) < 4.78 is 25.0. The van der Waals surface area contributed by atoms with Crippen LogP contribution in [0.3, 0.4) is 0 Å². The van der Waals surface area contributed by atoms with E-state index in [2.05, 4.69) is 17.0 Å². The molecule has 2 aromatic rings. The maximum Gasteiger partial charge on any atom is 0.123 e. The van der Waals surface area contributed by atoms with Gasteiger partial charge < -0.3 is 9.47 Å². The van der Waals surface area contributed by atoms with Gasteiger partial charge in [0.25, 0.3) is 0 Å². The first-order valence-electron chi connectivity index (χ1n) is 8.87. The summed E-state index contributed by atoms with van der Waals surface area (Å²) in [6, 6.07) is 17.0. The Balaban J connectivity index is 1.73. The third-order valence-corrected chi connectivity index (χ3v) is 4.86. The van der Waals surface area contributed by atoms with Gasteiger partial charge in [-0.25, -0.2) is 4.39 Å². The molecule has 0 aliphatic carbocycles. The third-order valence-electron chi connectivity index (χ3n) is 4.86. The van der Waals surface area contributed by atoms with Gasteiger partial charge in [0.15, 0.2) is 0 Å². The summed E-state index contributed by atoms with van der Waals surface area (Å²) in [6.45, 7) is 4.13. The molecule has 1 aliphatic heterocycles. The van der Waals surface area contributed by atoms with Gasteiger partial charge in [0.1, 0.15) is 11.4 Å². The van der Waals surface area contributed by atoms with Crippen molar-refractivity contribution in [2.45, 2.75) is 25.0 Å². The Morgan fingerprint density at radius 2 is 1.84 bits per heavy atom. The van der Waals surface area contributed by atoms with Crippen LogP contribution in [-0.2, 0) is 21.7 Å². The average molecular weight is 343 g/mol. The van der Waals surface area contributed by atoms with E-state index < -0.39 is 0 Å². The third kappa shape index (κ3) is 4.66. The minimum absolute atomic E-state index is 0.211. The van der Waals surface area contributed by atoms with E-state index in [0.29, 0.717) is 6.61 Å². The lowest BCUT2D eigenvalue weighted by atomic mass is 9.92. The van der Waals surface area contributed by atoms with Gasteiger partial charge >= 0.3 is 0 Å². The Labute approximate surface area is 149 Å². The van der Waals surface area contributed by atoms with Gasteiger partial charge in [-0.1, -0.05) is 42.5 Å². The molecule has 2 aromatic carbocycles. The van der Waals surface area contributed by atoms with Crippen LogP contribution in [0.15, 0.2) is 54.6 Å². The molecule has 3 nitrogen and oxygen atoms in total. The second-order valence-corrected chi connectivity index (χ2v) is 6.65. The number of hydrogen-bond donors (Lipinski definition) is 0. The fourth-order valence-corrected chi connectivity index (χ4v) is 3.47. The van der Waals surface area contributed by atoms with E-state index in [4.69, 9.17) is 9.47 Å². The normalized spacial score (nSPS) is 20.9. The van der Waals surface area contributed by atoms with Crippen LogP contribution in [-0.4, -0.2) is 38.3 Å². The summed E-state index contributed by atoms with van der Waals surface area (Å²) in [5.41, 5.74) is 1.83. The molecule has 1 atom stereocenters. The van der Waals surface area contributed by atoms with E-state index in [1.165, 1.54) is 12.1 Å². The molecule has 0 aromatic heterocycles. The number of methoxy groups -OCH3 is 1. The molecule has 0 N–H and O–H groups in total. The summed E-state index contributed by atoms with van der Waals surface area (Å²) in [5.74, 6) is -0.211. The zero-order valence-corrected chi connectivity index (χ0v) is 14.8. The molecule has 25 heavy (non-hydrogen) atoms. The number of halogens is 1. The van der Waals surface area contributed by atoms with Gasteiger partial charge in [0.2, 0.25) is 0 Å². The van der Waals surface area contributed by atoms with E-state index in [-0.39, 0.29) is 11.4 Å². The number of hydrogen-bond acceptors (Lipinski definition) is 3. The van der Waals surface area contributed by atoms with Crippen LogP contribution in [0.1, 0.15) is 24.0 Å². The lowest BCUT2D eigenvalue weighted by molar-refractivity contribution is -0.0541. The van der Waals surface area contributed by atoms with Crippen molar-refractivity contribution in [2.24, 2.45) is 0 Å². The largest absolute Gasteiger partial charge is 0.385 e. The second-order valence-electron chi connectivity index (χ2n) is 6.65. The van der Waals surface area contributed by atoms with Crippen molar-refractivity contribution in [1.29, 1.82) is 0 Å².